The predicted octanol–water partition coefficient (Wildman–Crippen LogP) is 2.00. The lowest BCUT2D eigenvalue weighted by Gasteiger charge is -2.32. The van der Waals surface area contributed by atoms with E-state index in [-0.39, 0.29) is 0 Å². The number of nitrogens with one attached hydrogen (secondary N) is 3. The number of hydrogen-bond donors (Lipinski definition) is 3. The Morgan fingerprint density at radius 3 is 2.89 bits per heavy atom. The van der Waals surface area contributed by atoms with E-state index in [0.717, 1.165) is 17.3 Å². The normalized spacial score (nSPS) is 17.4. The highest BCUT2D eigenvalue weighted by Crippen LogP contribution is 2.31. The van der Waals surface area contributed by atoms with Gasteiger partial charge >= 0.3 is 0 Å². The number of fused-ring (bicyclic) bond motifs is 1. The van der Waals surface area contributed by atoms with E-state index in [9.17, 15) is 0 Å². The van der Waals surface area contributed by atoms with Crippen molar-refractivity contribution in [2.75, 3.05) is 17.7 Å². The van der Waals surface area contributed by atoms with Crippen molar-refractivity contribution in [3.63, 3.8) is 0 Å². The molecule has 3 N–H and O–H groups in total. The van der Waals surface area contributed by atoms with E-state index in [1.807, 2.05) is 7.05 Å². The van der Waals surface area contributed by atoms with Crippen molar-refractivity contribution in [3.8, 4) is 0 Å². The molecule has 1 aliphatic rings. The van der Waals surface area contributed by atoms with Crippen LogP contribution >= 0.6 is 0 Å². The van der Waals surface area contributed by atoms with E-state index >= 15 is 0 Å². The predicted molar refractivity (Wildman–Crippen MR) is 71.7 cm³/mol. The third kappa shape index (κ3) is 1.87. The van der Waals surface area contributed by atoms with Gasteiger partial charge in [0.05, 0.1) is 6.33 Å². The van der Waals surface area contributed by atoms with Gasteiger partial charge in [-0.25, -0.2) is 4.98 Å². The van der Waals surface area contributed by atoms with Gasteiger partial charge in [-0.2, -0.15) is 9.97 Å². The summed E-state index contributed by atoms with van der Waals surface area (Å²) in [6, 6.07) is 0.435. The van der Waals surface area contributed by atoms with E-state index in [4.69, 9.17) is 0 Å². The van der Waals surface area contributed by atoms with Crippen molar-refractivity contribution in [1.82, 2.24) is 19.9 Å². The summed E-state index contributed by atoms with van der Waals surface area (Å²) in [5, 5.41) is 6.45. The Hall–Kier alpha value is -1.85. The molecule has 0 amide bonds. The van der Waals surface area contributed by atoms with Crippen molar-refractivity contribution >= 4 is 22.9 Å². The molecule has 1 saturated carbocycles. The summed E-state index contributed by atoms with van der Waals surface area (Å²) in [6.07, 6.45) is 5.62. The fourth-order valence-corrected chi connectivity index (χ4v) is 2.32. The number of rotatable bonds is 4. The lowest BCUT2D eigenvalue weighted by Crippen LogP contribution is -2.31. The van der Waals surface area contributed by atoms with E-state index < -0.39 is 0 Å². The molecule has 2 aromatic heterocycles. The molecule has 1 aliphatic carbocycles. The second-order valence-electron chi connectivity index (χ2n) is 4.87. The van der Waals surface area contributed by atoms with Crippen LogP contribution in [-0.2, 0) is 0 Å². The molecule has 1 unspecified atom stereocenters. The first-order valence-electron chi connectivity index (χ1n) is 6.43. The number of H-pyrrole nitrogens is 1. The van der Waals surface area contributed by atoms with Crippen LogP contribution in [0.3, 0.4) is 0 Å². The first-order valence-corrected chi connectivity index (χ1v) is 6.43. The lowest BCUT2D eigenvalue weighted by atomic mass is 9.80. The second-order valence-corrected chi connectivity index (χ2v) is 4.87. The highest BCUT2D eigenvalue weighted by atomic mass is 15.2. The number of hydrogen-bond acceptors (Lipinski definition) is 5. The number of nitrogens with zero attached hydrogens (tertiary/aromatic N) is 3. The molecule has 0 aromatic carbocycles. The molecule has 2 aromatic rings. The largest absolute Gasteiger partial charge is 0.365 e. The van der Waals surface area contributed by atoms with Gasteiger partial charge in [-0.3, -0.25) is 0 Å². The third-order valence-electron chi connectivity index (χ3n) is 3.73. The van der Waals surface area contributed by atoms with Gasteiger partial charge in [0, 0.05) is 13.1 Å². The van der Waals surface area contributed by atoms with Gasteiger partial charge in [0.15, 0.2) is 11.5 Å². The van der Waals surface area contributed by atoms with Crippen molar-refractivity contribution < 1.29 is 0 Å². The minimum atomic E-state index is 0.435. The molecule has 1 fully saturated rings. The van der Waals surface area contributed by atoms with Crippen LogP contribution in [0.4, 0.5) is 11.8 Å². The van der Waals surface area contributed by atoms with Crippen LogP contribution in [0, 0.1) is 5.92 Å². The van der Waals surface area contributed by atoms with E-state index in [2.05, 4.69) is 37.5 Å². The summed E-state index contributed by atoms with van der Waals surface area (Å²) >= 11 is 0. The van der Waals surface area contributed by atoms with Crippen LogP contribution in [0.2, 0.25) is 0 Å². The monoisotopic (exact) mass is 246 g/mol. The van der Waals surface area contributed by atoms with Gasteiger partial charge < -0.3 is 15.6 Å². The Labute approximate surface area is 106 Å². The molecule has 3 rings (SSSR count). The maximum absolute atomic E-state index is 4.47. The second kappa shape index (κ2) is 4.44. The number of anilines is 2. The van der Waals surface area contributed by atoms with Crippen LogP contribution in [-0.4, -0.2) is 33.0 Å². The maximum atomic E-state index is 4.47. The first kappa shape index (κ1) is 11.3. The molecule has 0 radical (unpaired) electrons. The SMILES string of the molecule is CNc1nc(NC(C)C2CCC2)c2[nH]cnc2n1. The van der Waals surface area contributed by atoms with Crippen LogP contribution in [0.15, 0.2) is 6.33 Å². The molecule has 0 bridgehead atoms. The van der Waals surface area contributed by atoms with Crippen LogP contribution in [0.1, 0.15) is 26.2 Å². The van der Waals surface area contributed by atoms with E-state index in [0.29, 0.717) is 17.6 Å². The molecule has 0 spiro atoms. The van der Waals surface area contributed by atoms with Crippen LogP contribution in [0.5, 0.6) is 0 Å². The highest BCUT2D eigenvalue weighted by molar-refractivity contribution is 5.83. The Morgan fingerprint density at radius 2 is 2.22 bits per heavy atom. The van der Waals surface area contributed by atoms with E-state index in [1.54, 1.807) is 6.33 Å². The average Bonchev–Trinajstić information content (AvgIpc) is 2.74. The summed E-state index contributed by atoms with van der Waals surface area (Å²) in [7, 11) is 1.81. The molecule has 96 valence electrons. The number of imidazole rings is 1. The zero-order valence-electron chi connectivity index (χ0n) is 10.7. The summed E-state index contributed by atoms with van der Waals surface area (Å²) in [5.74, 6) is 2.19. The van der Waals surface area contributed by atoms with Crippen molar-refractivity contribution in [3.05, 3.63) is 6.33 Å². The number of aromatic nitrogens is 4. The molecule has 1 atom stereocenters. The van der Waals surface area contributed by atoms with Crippen LogP contribution in [0.25, 0.3) is 11.2 Å². The fourth-order valence-electron chi connectivity index (χ4n) is 2.32. The smallest absolute Gasteiger partial charge is 0.226 e. The molecule has 6 heteroatoms. The summed E-state index contributed by atoms with van der Waals surface area (Å²) in [5.41, 5.74) is 1.57. The van der Waals surface area contributed by atoms with Gasteiger partial charge in [-0.1, -0.05) is 6.42 Å². The minimum Gasteiger partial charge on any atom is -0.365 e. The summed E-state index contributed by atoms with van der Waals surface area (Å²) < 4.78 is 0. The Morgan fingerprint density at radius 1 is 1.39 bits per heavy atom. The molecular formula is C12H18N6. The third-order valence-corrected chi connectivity index (χ3v) is 3.73. The van der Waals surface area contributed by atoms with Crippen LogP contribution < -0.4 is 10.6 Å². The Kier molecular flexibility index (Phi) is 2.77. The summed E-state index contributed by atoms with van der Waals surface area (Å²) in [4.78, 5) is 16.0. The van der Waals surface area contributed by atoms with Gasteiger partial charge in [0.25, 0.3) is 0 Å². The zero-order valence-corrected chi connectivity index (χ0v) is 10.7. The van der Waals surface area contributed by atoms with Gasteiger partial charge in [0.1, 0.15) is 5.52 Å². The summed E-state index contributed by atoms with van der Waals surface area (Å²) in [6.45, 7) is 2.22. The van der Waals surface area contributed by atoms with E-state index in [1.165, 1.54) is 19.3 Å². The van der Waals surface area contributed by atoms with Crippen molar-refractivity contribution in [2.24, 2.45) is 5.92 Å². The lowest BCUT2D eigenvalue weighted by molar-refractivity contribution is 0.285. The van der Waals surface area contributed by atoms with Gasteiger partial charge in [0.2, 0.25) is 5.95 Å². The van der Waals surface area contributed by atoms with Crippen molar-refractivity contribution in [1.29, 1.82) is 0 Å². The molecule has 0 aliphatic heterocycles. The molecule has 2 heterocycles. The average molecular weight is 246 g/mol. The standard InChI is InChI=1S/C12H18N6/c1-7(8-4-3-5-8)16-11-9-10(15-6-14-9)17-12(13-2)18-11/h6-8H,3-5H2,1-2H3,(H3,13,14,15,16,17,18). The van der Waals surface area contributed by atoms with Crippen molar-refractivity contribution in [2.45, 2.75) is 32.2 Å². The molecule has 0 saturated heterocycles. The topological polar surface area (TPSA) is 78.5 Å². The Bertz CT molecular complexity index is 544. The molecule has 18 heavy (non-hydrogen) atoms. The maximum Gasteiger partial charge on any atom is 0.226 e. The minimum absolute atomic E-state index is 0.435. The molecule has 6 nitrogen and oxygen atoms in total. The first-order chi connectivity index (χ1) is 8.78. The quantitative estimate of drug-likeness (QED) is 0.769. The number of aromatic amines is 1. The Balaban J connectivity index is 1.91. The van der Waals surface area contributed by atoms with Gasteiger partial charge in [-0.05, 0) is 25.7 Å². The zero-order chi connectivity index (χ0) is 12.5. The highest BCUT2D eigenvalue weighted by Gasteiger charge is 2.24. The van der Waals surface area contributed by atoms with Gasteiger partial charge in [-0.15, -0.1) is 0 Å². The fraction of sp³-hybridized carbons (Fsp3) is 0.583. The molecular weight excluding hydrogens is 228 g/mol.